The topological polar surface area (TPSA) is 78.8 Å². The Hall–Kier alpha value is -3.31. The number of carbonyl (C=O) groups excluding carboxylic acids is 1. The van der Waals surface area contributed by atoms with Crippen LogP contribution in [-0.4, -0.2) is 23.2 Å². The SMILES string of the molecule is COc1cccc(-c2ccc3c(c2)NC(=O)C3(O)c2cc(C)c(O)c(C)c2)c1. The van der Waals surface area contributed by atoms with E-state index in [1.165, 1.54) is 0 Å². The Balaban J connectivity index is 1.82. The van der Waals surface area contributed by atoms with Crippen LogP contribution >= 0.6 is 0 Å². The zero-order chi connectivity index (χ0) is 20.1. The summed E-state index contributed by atoms with van der Waals surface area (Å²) in [5, 5.41) is 24.2. The Morgan fingerprint density at radius 1 is 0.964 bits per heavy atom. The van der Waals surface area contributed by atoms with E-state index in [0.29, 0.717) is 27.9 Å². The number of carbonyl (C=O) groups is 1. The quantitative estimate of drug-likeness (QED) is 0.649. The minimum absolute atomic E-state index is 0.166. The maximum absolute atomic E-state index is 12.8. The highest BCUT2D eigenvalue weighted by Crippen LogP contribution is 2.44. The lowest BCUT2D eigenvalue weighted by Crippen LogP contribution is -2.35. The molecule has 3 aromatic carbocycles. The molecule has 3 N–H and O–H groups in total. The number of aromatic hydroxyl groups is 1. The lowest BCUT2D eigenvalue weighted by molar-refractivity contribution is -0.129. The van der Waals surface area contributed by atoms with Gasteiger partial charge in [-0.1, -0.05) is 24.3 Å². The number of aryl methyl sites for hydroxylation is 2. The number of amides is 1. The van der Waals surface area contributed by atoms with Crippen molar-refractivity contribution in [2.75, 3.05) is 12.4 Å². The van der Waals surface area contributed by atoms with Crippen molar-refractivity contribution >= 4 is 11.6 Å². The Labute approximate surface area is 163 Å². The number of anilines is 1. The molecule has 142 valence electrons. The second-order valence-corrected chi connectivity index (χ2v) is 7.12. The van der Waals surface area contributed by atoms with Gasteiger partial charge < -0.3 is 20.3 Å². The highest BCUT2D eigenvalue weighted by atomic mass is 16.5. The number of hydrogen-bond acceptors (Lipinski definition) is 4. The zero-order valence-electron chi connectivity index (χ0n) is 15.9. The Bertz CT molecular complexity index is 1080. The van der Waals surface area contributed by atoms with Crippen molar-refractivity contribution in [3.63, 3.8) is 0 Å². The van der Waals surface area contributed by atoms with Crippen molar-refractivity contribution in [2.45, 2.75) is 19.4 Å². The van der Waals surface area contributed by atoms with E-state index in [-0.39, 0.29) is 5.75 Å². The molecule has 1 amide bonds. The molecule has 3 aromatic rings. The number of phenols is 1. The van der Waals surface area contributed by atoms with Crippen LogP contribution in [0.2, 0.25) is 0 Å². The zero-order valence-corrected chi connectivity index (χ0v) is 15.9. The summed E-state index contributed by atoms with van der Waals surface area (Å²) in [5.74, 6) is 0.405. The summed E-state index contributed by atoms with van der Waals surface area (Å²) >= 11 is 0. The molecular formula is C23H21NO4. The number of nitrogens with one attached hydrogen (secondary N) is 1. The number of phenolic OH excluding ortho intramolecular Hbond substituents is 1. The van der Waals surface area contributed by atoms with E-state index in [4.69, 9.17) is 4.74 Å². The Kier molecular flexibility index (Phi) is 4.12. The molecule has 4 rings (SSSR count). The third-order valence-electron chi connectivity index (χ3n) is 5.30. The molecule has 1 aliphatic rings. The number of hydrogen-bond donors (Lipinski definition) is 3. The van der Waals surface area contributed by atoms with E-state index in [2.05, 4.69) is 5.32 Å². The van der Waals surface area contributed by atoms with Gasteiger partial charge in [0.25, 0.3) is 5.91 Å². The number of benzene rings is 3. The number of rotatable bonds is 3. The molecule has 5 nitrogen and oxygen atoms in total. The predicted molar refractivity (Wildman–Crippen MR) is 108 cm³/mol. The summed E-state index contributed by atoms with van der Waals surface area (Å²) in [5.41, 5.74) is 2.76. The van der Waals surface area contributed by atoms with Crippen LogP contribution in [-0.2, 0) is 10.4 Å². The molecule has 1 aliphatic heterocycles. The molecule has 1 heterocycles. The van der Waals surface area contributed by atoms with Crippen molar-refractivity contribution in [3.05, 3.63) is 76.9 Å². The van der Waals surface area contributed by atoms with Gasteiger partial charge in [0.05, 0.1) is 7.11 Å². The molecule has 5 heteroatoms. The van der Waals surface area contributed by atoms with E-state index in [1.54, 1.807) is 39.2 Å². The molecule has 0 radical (unpaired) electrons. The highest BCUT2D eigenvalue weighted by molar-refractivity contribution is 6.08. The molecule has 0 fully saturated rings. The summed E-state index contributed by atoms with van der Waals surface area (Å²) in [4.78, 5) is 12.8. The molecule has 1 atom stereocenters. The summed E-state index contributed by atoms with van der Waals surface area (Å²) in [7, 11) is 1.61. The van der Waals surface area contributed by atoms with Gasteiger partial charge in [0.15, 0.2) is 5.60 Å². The van der Waals surface area contributed by atoms with E-state index in [1.807, 2.05) is 36.4 Å². The monoisotopic (exact) mass is 375 g/mol. The van der Waals surface area contributed by atoms with Crippen molar-refractivity contribution in [2.24, 2.45) is 0 Å². The maximum Gasteiger partial charge on any atom is 0.265 e. The van der Waals surface area contributed by atoms with Gasteiger partial charge in [-0.2, -0.15) is 0 Å². The second kappa shape index (κ2) is 6.39. The fourth-order valence-electron chi connectivity index (χ4n) is 3.73. The molecule has 0 saturated heterocycles. The summed E-state index contributed by atoms with van der Waals surface area (Å²) in [6, 6.07) is 16.4. The fourth-order valence-corrected chi connectivity index (χ4v) is 3.73. The standard InChI is InChI=1S/C23H21NO4/c1-13-9-17(10-14(2)21(13)25)23(27)19-8-7-16(12-20(19)24-22(23)26)15-5-4-6-18(11-15)28-3/h4-12,25,27H,1-3H3,(H,24,26). The minimum Gasteiger partial charge on any atom is -0.507 e. The highest BCUT2D eigenvalue weighted by Gasteiger charge is 2.47. The van der Waals surface area contributed by atoms with E-state index < -0.39 is 11.5 Å². The Morgan fingerprint density at radius 3 is 2.32 bits per heavy atom. The van der Waals surface area contributed by atoms with Gasteiger partial charge in [0.1, 0.15) is 11.5 Å². The molecule has 0 bridgehead atoms. The fraction of sp³-hybridized carbons (Fsp3) is 0.174. The number of fused-ring (bicyclic) bond motifs is 1. The maximum atomic E-state index is 12.8. The van der Waals surface area contributed by atoms with E-state index in [0.717, 1.165) is 16.9 Å². The first kappa shape index (κ1) is 18.1. The van der Waals surface area contributed by atoms with Gasteiger partial charge in [0.2, 0.25) is 0 Å². The summed E-state index contributed by atoms with van der Waals surface area (Å²) < 4.78 is 5.28. The normalized spacial score (nSPS) is 17.9. The average molecular weight is 375 g/mol. The third kappa shape index (κ3) is 2.63. The molecule has 0 saturated carbocycles. The second-order valence-electron chi connectivity index (χ2n) is 7.12. The first-order valence-corrected chi connectivity index (χ1v) is 8.98. The number of ether oxygens (including phenoxy) is 1. The first-order chi connectivity index (χ1) is 13.3. The van der Waals surface area contributed by atoms with Gasteiger partial charge in [-0.3, -0.25) is 4.79 Å². The van der Waals surface area contributed by atoms with Crippen LogP contribution in [0.25, 0.3) is 11.1 Å². The van der Waals surface area contributed by atoms with Crippen LogP contribution in [0.3, 0.4) is 0 Å². The van der Waals surface area contributed by atoms with Crippen LogP contribution in [0, 0.1) is 13.8 Å². The molecular weight excluding hydrogens is 354 g/mol. The van der Waals surface area contributed by atoms with Crippen LogP contribution in [0.4, 0.5) is 5.69 Å². The first-order valence-electron chi connectivity index (χ1n) is 8.98. The molecule has 0 spiro atoms. The molecule has 28 heavy (non-hydrogen) atoms. The summed E-state index contributed by atoms with van der Waals surface area (Å²) in [6.45, 7) is 3.49. The lowest BCUT2D eigenvalue weighted by Gasteiger charge is -2.23. The lowest BCUT2D eigenvalue weighted by atomic mass is 9.85. The smallest absolute Gasteiger partial charge is 0.265 e. The molecule has 0 aromatic heterocycles. The number of methoxy groups -OCH3 is 1. The molecule has 0 aliphatic carbocycles. The van der Waals surface area contributed by atoms with Crippen molar-refractivity contribution in [1.29, 1.82) is 0 Å². The third-order valence-corrected chi connectivity index (χ3v) is 5.30. The Morgan fingerprint density at radius 2 is 1.64 bits per heavy atom. The van der Waals surface area contributed by atoms with Gasteiger partial charge in [-0.05, 0) is 72.0 Å². The van der Waals surface area contributed by atoms with Crippen LogP contribution in [0.1, 0.15) is 22.3 Å². The minimum atomic E-state index is -1.80. The van der Waals surface area contributed by atoms with Gasteiger partial charge in [-0.25, -0.2) is 0 Å². The van der Waals surface area contributed by atoms with Gasteiger partial charge >= 0.3 is 0 Å². The van der Waals surface area contributed by atoms with Crippen LogP contribution < -0.4 is 10.1 Å². The molecule has 1 unspecified atom stereocenters. The van der Waals surface area contributed by atoms with Gasteiger partial charge in [-0.15, -0.1) is 0 Å². The van der Waals surface area contributed by atoms with Crippen molar-refractivity contribution in [3.8, 4) is 22.6 Å². The summed E-state index contributed by atoms with van der Waals surface area (Å²) in [6.07, 6.45) is 0. The van der Waals surface area contributed by atoms with E-state index >= 15 is 0 Å². The number of aliphatic hydroxyl groups is 1. The van der Waals surface area contributed by atoms with E-state index in [9.17, 15) is 15.0 Å². The predicted octanol–water partition coefficient (Wildman–Crippen LogP) is 3.87. The van der Waals surface area contributed by atoms with Crippen molar-refractivity contribution in [1.82, 2.24) is 0 Å². The van der Waals surface area contributed by atoms with Crippen molar-refractivity contribution < 1.29 is 19.7 Å². The largest absolute Gasteiger partial charge is 0.507 e. The van der Waals surface area contributed by atoms with Gasteiger partial charge in [0, 0.05) is 11.3 Å². The average Bonchev–Trinajstić information content (AvgIpc) is 2.96. The van der Waals surface area contributed by atoms with Crippen LogP contribution in [0.15, 0.2) is 54.6 Å². The van der Waals surface area contributed by atoms with Crippen LogP contribution in [0.5, 0.6) is 11.5 Å².